The van der Waals surface area contributed by atoms with Crippen LogP contribution in [0.1, 0.15) is 25.3 Å². The van der Waals surface area contributed by atoms with Crippen LogP contribution in [0.3, 0.4) is 0 Å². The predicted octanol–water partition coefficient (Wildman–Crippen LogP) is 1.52. The van der Waals surface area contributed by atoms with Crippen molar-refractivity contribution in [3.8, 4) is 5.88 Å². The predicted molar refractivity (Wildman–Crippen MR) is 68.4 cm³/mol. The van der Waals surface area contributed by atoms with E-state index in [0.717, 1.165) is 18.4 Å². The first kappa shape index (κ1) is 14.4. The van der Waals surface area contributed by atoms with Gasteiger partial charge in [0, 0.05) is 18.8 Å². The Hall–Kier alpha value is -1.62. The molecule has 0 aliphatic heterocycles. The smallest absolute Gasteiger partial charge is 0.319 e. The van der Waals surface area contributed by atoms with Crippen molar-refractivity contribution in [2.75, 3.05) is 20.3 Å². The molecule has 0 aromatic carbocycles. The Morgan fingerprint density at radius 3 is 2.89 bits per heavy atom. The Morgan fingerprint density at radius 2 is 2.28 bits per heavy atom. The zero-order chi connectivity index (χ0) is 13.2. The molecule has 0 unspecified atom stereocenters. The van der Waals surface area contributed by atoms with Gasteiger partial charge in [0.25, 0.3) is 0 Å². The van der Waals surface area contributed by atoms with Crippen molar-refractivity contribution in [1.29, 1.82) is 0 Å². The van der Waals surface area contributed by atoms with E-state index in [1.807, 2.05) is 6.07 Å². The molecule has 0 bridgehead atoms. The maximum absolute atomic E-state index is 11.3. The Morgan fingerprint density at radius 1 is 1.44 bits per heavy atom. The molecule has 0 fully saturated rings. The van der Waals surface area contributed by atoms with Crippen LogP contribution in [0.5, 0.6) is 5.88 Å². The molecule has 0 radical (unpaired) electrons. The van der Waals surface area contributed by atoms with E-state index in [9.17, 15) is 4.79 Å². The quantitative estimate of drug-likeness (QED) is 0.561. The molecule has 100 valence electrons. The van der Waals surface area contributed by atoms with Crippen molar-refractivity contribution < 1.29 is 14.3 Å². The minimum absolute atomic E-state index is 0.218. The van der Waals surface area contributed by atoms with Gasteiger partial charge >= 0.3 is 5.97 Å². The van der Waals surface area contributed by atoms with Gasteiger partial charge < -0.3 is 14.8 Å². The van der Waals surface area contributed by atoms with Crippen molar-refractivity contribution in [2.45, 2.75) is 26.3 Å². The third kappa shape index (κ3) is 5.63. The van der Waals surface area contributed by atoms with Crippen molar-refractivity contribution in [1.82, 2.24) is 10.3 Å². The van der Waals surface area contributed by atoms with Crippen molar-refractivity contribution in [3.63, 3.8) is 0 Å². The fraction of sp³-hybridized carbons (Fsp3) is 0.538. The lowest BCUT2D eigenvalue weighted by atomic mass is 10.3. The fourth-order valence-corrected chi connectivity index (χ4v) is 1.33. The number of ether oxygens (including phenoxy) is 2. The van der Waals surface area contributed by atoms with Crippen LogP contribution in [0.25, 0.3) is 0 Å². The summed E-state index contributed by atoms with van der Waals surface area (Å²) in [7, 11) is 1.58. The van der Waals surface area contributed by atoms with Gasteiger partial charge in [-0.2, -0.15) is 0 Å². The Kier molecular flexibility index (Phi) is 6.79. The van der Waals surface area contributed by atoms with E-state index in [1.165, 1.54) is 0 Å². The number of esters is 1. The number of methoxy groups -OCH3 is 1. The van der Waals surface area contributed by atoms with Crippen LogP contribution >= 0.6 is 0 Å². The van der Waals surface area contributed by atoms with Gasteiger partial charge in [-0.05, 0) is 12.0 Å². The maximum Gasteiger partial charge on any atom is 0.319 e. The number of pyridine rings is 1. The van der Waals surface area contributed by atoms with Gasteiger partial charge in [-0.15, -0.1) is 0 Å². The van der Waals surface area contributed by atoms with Crippen LogP contribution in [0.15, 0.2) is 18.3 Å². The molecule has 1 aromatic heterocycles. The highest BCUT2D eigenvalue weighted by atomic mass is 16.5. The van der Waals surface area contributed by atoms with E-state index < -0.39 is 0 Å². The summed E-state index contributed by atoms with van der Waals surface area (Å²) in [6.45, 7) is 3.36. The van der Waals surface area contributed by atoms with E-state index in [4.69, 9.17) is 9.47 Å². The number of aromatic nitrogens is 1. The molecule has 1 aromatic rings. The van der Waals surface area contributed by atoms with Crippen LogP contribution in [-0.4, -0.2) is 31.2 Å². The lowest BCUT2D eigenvalue weighted by molar-refractivity contribution is -0.142. The van der Waals surface area contributed by atoms with E-state index in [1.54, 1.807) is 19.4 Å². The molecule has 0 atom stereocenters. The monoisotopic (exact) mass is 252 g/mol. The molecular formula is C13H20N2O3. The molecule has 0 aliphatic carbocycles. The molecule has 0 aliphatic rings. The first-order valence-corrected chi connectivity index (χ1v) is 6.11. The van der Waals surface area contributed by atoms with Gasteiger partial charge in [0.2, 0.25) is 5.88 Å². The van der Waals surface area contributed by atoms with Gasteiger partial charge in [-0.3, -0.25) is 4.79 Å². The second-order valence-electron chi connectivity index (χ2n) is 3.89. The van der Waals surface area contributed by atoms with E-state index in [-0.39, 0.29) is 12.5 Å². The van der Waals surface area contributed by atoms with Crippen LogP contribution in [-0.2, 0) is 16.1 Å². The average molecular weight is 252 g/mol. The number of rotatable bonds is 8. The normalized spacial score (nSPS) is 10.1. The number of nitrogens with one attached hydrogen (secondary N) is 1. The van der Waals surface area contributed by atoms with E-state index in [0.29, 0.717) is 19.0 Å². The van der Waals surface area contributed by atoms with Gasteiger partial charge in [0.1, 0.15) is 0 Å². The van der Waals surface area contributed by atoms with Crippen LogP contribution in [0, 0.1) is 0 Å². The molecule has 5 heteroatoms. The average Bonchev–Trinajstić information content (AvgIpc) is 2.40. The molecular weight excluding hydrogens is 232 g/mol. The molecule has 1 N–H and O–H groups in total. The summed E-state index contributed by atoms with van der Waals surface area (Å²) in [5.41, 5.74) is 0.997. The van der Waals surface area contributed by atoms with Gasteiger partial charge in [0.15, 0.2) is 0 Å². The Balaban J connectivity index is 2.18. The summed E-state index contributed by atoms with van der Waals surface area (Å²) >= 11 is 0. The van der Waals surface area contributed by atoms with E-state index in [2.05, 4.69) is 17.2 Å². The van der Waals surface area contributed by atoms with Gasteiger partial charge in [0.05, 0.1) is 20.3 Å². The molecule has 1 heterocycles. The number of nitrogens with zero attached hydrogens (tertiary/aromatic N) is 1. The minimum Gasteiger partial charge on any atom is -0.481 e. The zero-order valence-electron chi connectivity index (χ0n) is 10.9. The molecule has 0 saturated carbocycles. The largest absolute Gasteiger partial charge is 0.481 e. The number of unbranched alkanes of at least 4 members (excludes halogenated alkanes) is 1. The number of hydrogen-bond donors (Lipinski definition) is 1. The summed E-state index contributed by atoms with van der Waals surface area (Å²) in [6.07, 6.45) is 3.65. The minimum atomic E-state index is -0.218. The summed E-state index contributed by atoms with van der Waals surface area (Å²) in [5.74, 6) is 0.364. The zero-order valence-corrected chi connectivity index (χ0v) is 10.9. The summed E-state index contributed by atoms with van der Waals surface area (Å²) in [6, 6.07) is 3.69. The first-order valence-electron chi connectivity index (χ1n) is 6.11. The molecule has 5 nitrogen and oxygen atoms in total. The topological polar surface area (TPSA) is 60.5 Å². The van der Waals surface area contributed by atoms with E-state index >= 15 is 0 Å². The number of carbonyl (C=O) groups is 1. The molecule has 1 rings (SSSR count). The van der Waals surface area contributed by atoms with Crippen LogP contribution in [0.4, 0.5) is 0 Å². The molecule has 18 heavy (non-hydrogen) atoms. The highest BCUT2D eigenvalue weighted by Gasteiger charge is 2.02. The summed E-state index contributed by atoms with van der Waals surface area (Å²) in [5, 5.41) is 3.01. The molecule has 0 spiro atoms. The van der Waals surface area contributed by atoms with Crippen molar-refractivity contribution in [2.24, 2.45) is 0 Å². The first-order chi connectivity index (χ1) is 8.76. The van der Waals surface area contributed by atoms with Crippen LogP contribution in [0.2, 0.25) is 0 Å². The SMILES string of the molecule is CCCCOC(=O)CNCc1ccc(OC)nc1. The number of carbonyl (C=O) groups excluding carboxylic acids is 1. The summed E-state index contributed by atoms with van der Waals surface area (Å²) in [4.78, 5) is 15.4. The lowest BCUT2D eigenvalue weighted by Crippen LogP contribution is -2.24. The fourth-order valence-electron chi connectivity index (χ4n) is 1.33. The highest BCUT2D eigenvalue weighted by molar-refractivity contribution is 5.71. The molecule has 0 saturated heterocycles. The van der Waals surface area contributed by atoms with Crippen molar-refractivity contribution in [3.05, 3.63) is 23.9 Å². The Bertz CT molecular complexity index is 352. The maximum atomic E-state index is 11.3. The highest BCUT2D eigenvalue weighted by Crippen LogP contribution is 2.05. The second kappa shape index (κ2) is 8.47. The third-order valence-corrected chi connectivity index (χ3v) is 2.37. The van der Waals surface area contributed by atoms with Crippen molar-refractivity contribution >= 4 is 5.97 Å². The second-order valence-corrected chi connectivity index (χ2v) is 3.89. The lowest BCUT2D eigenvalue weighted by Gasteiger charge is -2.06. The summed E-state index contributed by atoms with van der Waals surface area (Å²) < 4.78 is 9.98. The Labute approximate surface area is 108 Å². The van der Waals surface area contributed by atoms with Gasteiger partial charge in [-0.1, -0.05) is 19.4 Å². The van der Waals surface area contributed by atoms with Gasteiger partial charge in [-0.25, -0.2) is 4.98 Å². The molecule has 0 amide bonds. The van der Waals surface area contributed by atoms with Crippen LogP contribution < -0.4 is 10.1 Å². The standard InChI is InChI=1S/C13H20N2O3/c1-3-4-7-18-13(16)10-14-8-11-5-6-12(17-2)15-9-11/h5-6,9,14H,3-4,7-8,10H2,1-2H3. The third-order valence-electron chi connectivity index (χ3n) is 2.37. The number of hydrogen-bond acceptors (Lipinski definition) is 5.